The van der Waals surface area contributed by atoms with E-state index in [2.05, 4.69) is 4.18 Å². The molecule has 24 heavy (non-hydrogen) atoms. The van der Waals surface area contributed by atoms with Crippen molar-refractivity contribution in [1.82, 2.24) is 0 Å². The second-order valence-corrected chi connectivity index (χ2v) is 6.45. The molecule has 0 radical (unpaired) electrons. The van der Waals surface area contributed by atoms with Gasteiger partial charge in [-0.2, -0.15) is 21.6 Å². The summed E-state index contributed by atoms with van der Waals surface area (Å²) in [7, 11) is -6.03. The van der Waals surface area contributed by atoms with E-state index < -0.39 is 32.9 Å². The van der Waals surface area contributed by atoms with Gasteiger partial charge in [-0.1, -0.05) is 30.3 Å². The Bertz CT molecular complexity index is 851. The first-order chi connectivity index (χ1) is 11.0. The molecule has 0 saturated heterocycles. The third-order valence-corrected chi connectivity index (χ3v) is 4.16. The second-order valence-electron chi connectivity index (χ2n) is 4.91. The van der Waals surface area contributed by atoms with Gasteiger partial charge in [-0.05, 0) is 25.0 Å². The molecule has 0 saturated carbocycles. The summed E-state index contributed by atoms with van der Waals surface area (Å²) in [6.07, 6.45) is 0. The van der Waals surface area contributed by atoms with E-state index in [1.165, 1.54) is 24.3 Å². The molecule has 0 aromatic heterocycles. The van der Waals surface area contributed by atoms with Crippen LogP contribution in [0, 0.1) is 0 Å². The summed E-state index contributed by atoms with van der Waals surface area (Å²) in [4.78, 5) is 23.8. The minimum Gasteiger partial charge on any atom is -0.374 e. The average Bonchev–Trinajstić information content (AvgIpc) is 2.54. The summed E-state index contributed by atoms with van der Waals surface area (Å²) in [6.45, 7) is 2.08. The van der Waals surface area contributed by atoms with Gasteiger partial charge in [0.2, 0.25) is 0 Å². The predicted octanol–water partition coefficient (Wildman–Crippen LogP) is 3.43. The van der Waals surface area contributed by atoms with Gasteiger partial charge in [-0.3, -0.25) is 9.59 Å². The Morgan fingerprint density at radius 2 is 1.33 bits per heavy atom. The molecule has 0 unspecified atom stereocenters. The topological polar surface area (TPSA) is 77.5 Å². The van der Waals surface area contributed by atoms with Crippen LogP contribution in [-0.4, -0.2) is 25.5 Å². The number of ketones is 2. The van der Waals surface area contributed by atoms with E-state index in [-0.39, 0.29) is 22.3 Å². The Balaban J connectivity index is 2.88. The monoisotopic (exact) mass is 360 g/mol. The van der Waals surface area contributed by atoms with Crippen molar-refractivity contribution in [3.63, 3.8) is 0 Å². The van der Waals surface area contributed by atoms with Crippen LogP contribution in [0.1, 0.15) is 34.6 Å². The number of hydrogen-bond acceptors (Lipinski definition) is 5. The molecule has 2 aliphatic carbocycles. The maximum Gasteiger partial charge on any atom is 0.534 e. The number of alkyl halides is 3. The number of carbonyl (C=O) groups is 2. The van der Waals surface area contributed by atoms with Gasteiger partial charge in [-0.15, -0.1) is 0 Å². The van der Waals surface area contributed by atoms with Crippen LogP contribution in [0.15, 0.2) is 30.3 Å². The van der Waals surface area contributed by atoms with Crippen molar-refractivity contribution in [3.8, 4) is 16.9 Å². The Morgan fingerprint density at radius 3 is 1.67 bits per heavy atom. The lowest BCUT2D eigenvalue weighted by molar-refractivity contribution is -0.0500. The van der Waals surface area contributed by atoms with Crippen molar-refractivity contribution in [2.24, 2.45) is 0 Å². The molecule has 128 valence electrons. The molecule has 2 rings (SSSR count). The first kappa shape index (κ1) is 17.9. The van der Waals surface area contributed by atoms with Crippen LogP contribution in [0.25, 0.3) is 11.1 Å². The molecule has 0 spiro atoms. The zero-order valence-electron chi connectivity index (χ0n) is 12.5. The standard InChI is InChI=1S/C15H11F3O5S/c1-8(19)12-10-6-4-3-5-7-11(10)13(9(2)20)14(12)23-24(21,22)15(16,17)18/h3-7H,1-2H3. The lowest BCUT2D eigenvalue weighted by atomic mass is 10.1. The minimum absolute atomic E-state index is 0.130. The highest BCUT2D eigenvalue weighted by atomic mass is 32.2. The molecule has 0 aromatic carbocycles. The highest BCUT2D eigenvalue weighted by Crippen LogP contribution is 2.44. The minimum atomic E-state index is -6.03. The van der Waals surface area contributed by atoms with Crippen molar-refractivity contribution < 1.29 is 35.4 Å². The lowest BCUT2D eigenvalue weighted by Crippen LogP contribution is -2.28. The summed E-state index contributed by atoms with van der Waals surface area (Å²) in [5.41, 5.74) is -6.21. The molecular formula is C15H11F3O5S. The van der Waals surface area contributed by atoms with E-state index in [0.29, 0.717) is 0 Å². The van der Waals surface area contributed by atoms with E-state index in [1.54, 1.807) is 6.07 Å². The van der Waals surface area contributed by atoms with Crippen LogP contribution in [0.2, 0.25) is 0 Å². The summed E-state index contributed by atoms with van der Waals surface area (Å²) < 4.78 is 64.7. The fourth-order valence-electron chi connectivity index (χ4n) is 2.29. The lowest BCUT2D eigenvalue weighted by Gasteiger charge is -2.11. The van der Waals surface area contributed by atoms with Crippen LogP contribution in [-0.2, 0) is 10.1 Å². The molecule has 0 aromatic rings. The van der Waals surface area contributed by atoms with E-state index in [9.17, 15) is 31.2 Å². The highest BCUT2D eigenvalue weighted by molar-refractivity contribution is 7.88. The van der Waals surface area contributed by atoms with Crippen LogP contribution in [0.3, 0.4) is 0 Å². The van der Waals surface area contributed by atoms with E-state index >= 15 is 0 Å². The molecular weight excluding hydrogens is 349 g/mol. The molecule has 0 bridgehead atoms. The van der Waals surface area contributed by atoms with Gasteiger partial charge in [0.05, 0.1) is 11.1 Å². The second kappa shape index (κ2) is 5.90. The quantitative estimate of drug-likeness (QED) is 0.474. The number of hydrogen-bond donors (Lipinski definition) is 0. The average molecular weight is 360 g/mol. The van der Waals surface area contributed by atoms with Crippen LogP contribution < -0.4 is 4.18 Å². The van der Waals surface area contributed by atoms with E-state index in [1.807, 2.05) is 0 Å². The van der Waals surface area contributed by atoms with Crippen molar-refractivity contribution in [1.29, 1.82) is 0 Å². The highest BCUT2D eigenvalue weighted by Gasteiger charge is 2.50. The number of Topliss-reactive ketones (excluding diaryl/α,β-unsaturated/α-hetero) is 2. The summed E-state index contributed by atoms with van der Waals surface area (Å²) in [5.74, 6) is -2.36. The SMILES string of the molecule is CC(=O)c1c2cccccc-2c(C(C)=O)c1OS(=O)(=O)C(F)(F)F. The molecule has 0 N–H and O–H groups in total. The first-order valence-corrected chi connectivity index (χ1v) is 7.95. The maximum atomic E-state index is 12.6. The molecule has 0 atom stereocenters. The Labute approximate surface area is 135 Å². The number of fused-ring (bicyclic) bond motifs is 1. The van der Waals surface area contributed by atoms with Gasteiger partial charge in [0, 0.05) is 0 Å². The molecule has 0 aliphatic heterocycles. The number of halogens is 3. The van der Waals surface area contributed by atoms with E-state index in [0.717, 1.165) is 13.8 Å². The Morgan fingerprint density at radius 1 is 0.917 bits per heavy atom. The van der Waals surface area contributed by atoms with Crippen molar-refractivity contribution in [2.75, 3.05) is 0 Å². The third kappa shape index (κ3) is 2.99. The third-order valence-electron chi connectivity index (χ3n) is 3.21. The molecule has 0 amide bonds. The molecule has 2 aliphatic rings. The molecule has 5 nitrogen and oxygen atoms in total. The smallest absolute Gasteiger partial charge is 0.374 e. The first-order valence-electron chi connectivity index (χ1n) is 6.54. The van der Waals surface area contributed by atoms with Crippen molar-refractivity contribution in [2.45, 2.75) is 19.4 Å². The largest absolute Gasteiger partial charge is 0.534 e. The fourth-order valence-corrected chi connectivity index (χ4v) is 2.77. The maximum absolute atomic E-state index is 12.6. The normalized spacial score (nSPS) is 12.2. The fraction of sp³-hybridized carbons (Fsp3) is 0.200. The Hall–Kier alpha value is -2.42. The van der Waals surface area contributed by atoms with Crippen molar-refractivity contribution >= 4 is 21.7 Å². The van der Waals surface area contributed by atoms with Gasteiger partial charge in [-0.25, -0.2) is 0 Å². The Kier molecular flexibility index (Phi) is 4.40. The van der Waals surface area contributed by atoms with E-state index in [4.69, 9.17) is 0 Å². The van der Waals surface area contributed by atoms with Crippen LogP contribution in [0.4, 0.5) is 13.2 Å². The van der Waals surface area contributed by atoms with Crippen LogP contribution >= 0.6 is 0 Å². The zero-order valence-corrected chi connectivity index (χ0v) is 13.3. The van der Waals surface area contributed by atoms with Gasteiger partial charge >= 0.3 is 15.6 Å². The number of rotatable bonds is 4. The van der Waals surface area contributed by atoms with Gasteiger partial charge < -0.3 is 4.18 Å². The van der Waals surface area contributed by atoms with Gasteiger partial charge in [0.15, 0.2) is 17.3 Å². The summed E-state index contributed by atoms with van der Waals surface area (Å²) >= 11 is 0. The van der Waals surface area contributed by atoms with Gasteiger partial charge in [0.1, 0.15) is 0 Å². The summed E-state index contributed by atoms with van der Waals surface area (Å²) in [5, 5.41) is 0. The molecule has 9 heteroatoms. The summed E-state index contributed by atoms with van der Waals surface area (Å²) in [6, 6.07) is 7.37. The zero-order chi connectivity index (χ0) is 18.3. The van der Waals surface area contributed by atoms with Crippen LogP contribution in [0.5, 0.6) is 5.75 Å². The molecule has 0 heterocycles. The van der Waals surface area contributed by atoms with Crippen molar-refractivity contribution in [3.05, 3.63) is 41.5 Å². The number of carbonyl (C=O) groups excluding carboxylic acids is 2. The predicted molar refractivity (Wildman–Crippen MR) is 78.7 cm³/mol. The molecule has 0 fully saturated rings. The van der Waals surface area contributed by atoms with Gasteiger partial charge in [0.25, 0.3) is 0 Å².